The second kappa shape index (κ2) is 7.37. The van der Waals surface area contributed by atoms with Crippen molar-refractivity contribution in [3.05, 3.63) is 63.7 Å². The number of fused-ring (bicyclic) bond motifs is 2. The first-order chi connectivity index (χ1) is 13.0. The molecule has 1 amide bonds. The van der Waals surface area contributed by atoms with Crippen LogP contribution in [0.2, 0.25) is 5.02 Å². The molecule has 0 spiro atoms. The highest BCUT2D eigenvalue weighted by atomic mass is 35.5. The first-order valence-electron chi connectivity index (χ1n) is 8.73. The Labute approximate surface area is 166 Å². The number of carbonyl (C=O) groups excluding carboxylic acids is 1. The Morgan fingerprint density at radius 3 is 2.93 bits per heavy atom. The van der Waals surface area contributed by atoms with Gasteiger partial charge in [-0.1, -0.05) is 23.7 Å². The summed E-state index contributed by atoms with van der Waals surface area (Å²) >= 11 is 7.84. The molecule has 1 aliphatic rings. The Morgan fingerprint density at radius 1 is 1.26 bits per heavy atom. The van der Waals surface area contributed by atoms with E-state index in [0.717, 1.165) is 16.3 Å². The van der Waals surface area contributed by atoms with Crippen LogP contribution in [-0.4, -0.2) is 27.8 Å². The number of amides is 1. The van der Waals surface area contributed by atoms with Gasteiger partial charge in [0.25, 0.3) is 5.56 Å². The number of hydrogen-bond acceptors (Lipinski definition) is 4. The molecule has 0 atom stereocenters. The van der Waals surface area contributed by atoms with E-state index >= 15 is 0 Å². The van der Waals surface area contributed by atoms with Gasteiger partial charge in [-0.3, -0.25) is 14.2 Å². The first kappa shape index (κ1) is 18.1. The normalized spacial score (nSPS) is 13.6. The predicted molar refractivity (Wildman–Crippen MR) is 110 cm³/mol. The number of aryl methyl sites for hydroxylation is 1. The molecule has 0 saturated carbocycles. The van der Waals surface area contributed by atoms with Crippen LogP contribution < -0.4 is 10.5 Å². The molecule has 1 aromatic heterocycles. The quantitative estimate of drug-likeness (QED) is 0.670. The third-order valence-electron chi connectivity index (χ3n) is 4.69. The monoisotopic (exact) mass is 399 g/mol. The second-order valence-electron chi connectivity index (χ2n) is 6.39. The third-order valence-corrected chi connectivity index (χ3v) is 5.97. The lowest BCUT2D eigenvalue weighted by molar-refractivity contribution is -0.118. The van der Waals surface area contributed by atoms with Gasteiger partial charge in [0.1, 0.15) is 5.82 Å². The number of para-hydroxylation sites is 1. The van der Waals surface area contributed by atoms with Crippen molar-refractivity contribution in [2.75, 3.05) is 17.2 Å². The van der Waals surface area contributed by atoms with Gasteiger partial charge in [-0.05, 0) is 37.3 Å². The van der Waals surface area contributed by atoms with E-state index in [-0.39, 0.29) is 17.9 Å². The lowest BCUT2D eigenvalue weighted by Crippen LogP contribution is -2.36. The molecule has 0 fully saturated rings. The van der Waals surface area contributed by atoms with Crippen molar-refractivity contribution in [1.29, 1.82) is 0 Å². The van der Waals surface area contributed by atoms with Crippen LogP contribution in [-0.2, 0) is 11.3 Å². The molecule has 27 heavy (non-hydrogen) atoms. The van der Waals surface area contributed by atoms with Gasteiger partial charge in [0, 0.05) is 35.2 Å². The molecule has 0 unspecified atom stereocenters. The van der Waals surface area contributed by atoms with E-state index in [4.69, 9.17) is 11.6 Å². The van der Waals surface area contributed by atoms with Crippen molar-refractivity contribution in [2.45, 2.75) is 24.8 Å². The molecule has 0 saturated heterocycles. The Morgan fingerprint density at radius 2 is 2.07 bits per heavy atom. The van der Waals surface area contributed by atoms with E-state index in [9.17, 15) is 9.59 Å². The minimum absolute atomic E-state index is 0.0155. The van der Waals surface area contributed by atoms with Gasteiger partial charge in [-0.15, -0.1) is 11.8 Å². The van der Waals surface area contributed by atoms with Gasteiger partial charge in [0.2, 0.25) is 5.91 Å². The zero-order valence-corrected chi connectivity index (χ0v) is 16.4. The molecule has 7 heteroatoms. The van der Waals surface area contributed by atoms with E-state index in [1.165, 1.54) is 0 Å². The van der Waals surface area contributed by atoms with Crippen molar-refractivity contribution in [1.82, 2.24) is 9.55 Å². The summed E-state index contributed by atoms with van der Waals surface area (Å²) in [5.74, 6) is 1.44. The number of nitrogens with zero attached hydrogens (tertiary/aromatic N) is 3. The molecule has 0 radical (unpaired) electrons. The summed E-state index contributed by atoms with van der Waals surface area (Å²) in [5.41, 5.74) is 1.42. The SMILES string of the molecule is Cc1nc2ccccc2c(=O)n1CCC(=O)N1CCSc2ccc(Cl)cc21. The predicted octanol–water partition coefficient (Wildman–Crippen LogP) is 3.89. The van der Waals surface area contributed by atoms with Gasteiger partial charge in [-0.2, -0.15) is 0 Å². The number of halogens is 1. The van der Waals surface area contributed by atoms with Crippen molar-refractivity contribution in [3.63, 3.8) is 0 Å². The molecule has 3 aromatic rings. The van der Waals surface area contributed by atoms with Gasteiger partial charge >= 0.3 is 0 Å². The smallest absolute Gasteiger partial charge is 0.261 e. The first-order valence-corrected chi connectivity index (χ1v) is 10.1. The standard InChI is InChI=1S/C20H18ClN3O2S/c1-13-22-16-5-3-2-4-15(16)20(26)23(13)9-8-19(25)24-10-11-27-18-7-6-14(21)12-17(18)24/h2-7,12H,8-11H2,1H3. The minimum atomic E-state index is -0.108. The number of aromatic nitrogens is 2. The van der Waals surface area contributed by atoms with Crippen molar-refractivity contribution in [2.24, 2.45) is 0 Å². The number of rotatable bonds is 3. The zero-order valence-electron chi connectivity index (χ0n) is 14.8. The van der Waals surface area contributed by atoms with Crippen molar-refractivity contribution >= 4 is 45.9 Å². The summed E-state index contributed by atoms with van der Waals surface area (Å²) in [6, 6.07) is 12.9. The average molecular weight is 400 g/mol. The summed E-state index contributed by atoms with van der Waals surface area (Å²) < 4.78 is 1.58. The van der Waals surface area contributed by atoms with Crippen LogP contribution in [0.4, 0.5) is 5.69 Å². The molecule has 5 nitrogen and oxygen atoms in total. The summed E-state index contributed by atoms with van der Waals surface area (Å²) in [5, 5.41) is 1.18. The molecule has 0 aliphatic carbocycles. The van der Waals surface area contributed by atoms with Crippen LogP contribution in [0, 0.1) is 6.92 Å². The number of thioether (sulfide) groups is 1. The molecule has 2 aromatic carbocycles. The summed E-state index contributed by atoms with van der Waals surface area (Å²) in [6.07, 6.45) is 0.234. The van der Waals surface area contributed by atoms with Gasteiger partial charge in [0.15, 0.2) is 0 Å². The Balaban J connectivity index is 1.58. The summed E-state index contributed by atoms with van der Waals surface area (Å²) in [7, 11) is 0. The zero-order chi connectivity index (χ0) is 19.0. The minimum Gasteiger partial charge on any atom is -0.310 e. The van der Waals surface area contributed by atoms with E-state index < -0.39 is 0 Å². The fraction of sp³-hybridized carbons (Fsp3) is 0.250. The molecule has 4 rings (SSSR count). The topological polar surface area (TPSA) is 55.2 Å². The Hall–Kier alpha value is -2.31. The number of benzene rings is 2. The van der Waals surface area contributed by atoms with Crippen LogP contribution in [0.3, 0.4) is 0 Å². The average Bonchev–Trinajstić information content (AvgIpc) is 2.67. The van der Waals surface area contributed by atoms with Crippen LogP contribution in [0.5, 0.6) is 0 Å². The van der Waals surface area contributed by atoms with E-state index in [2.05, 4.69) is 4.98 Å². The fourth-order valence-corrected chi connectivity index (χ4v) is 4.48. The Bertz CT molecular complexity index is 1100. The lowest BCUT2D eigenvalue weighted by Gasteiger charge is -2.29. The molecule has 2 heterocycles. The Kier molecular flexibility index (Phi) is 4.93. The van der Waals surface area contributed by atoms with Crippen molar-refractivity contribution in [3.8, 4) is 0 Å². The van der Waals surface area contributed by atoms with E-state index in [0.29, 0.717) is 34.8 Å². The highest BCUT2D eigenvalue weighted by molar-refractivity contribution is 7.99. The molecule has 0 bridgehead atoms. The number of hydrogen-bond donors (Lipinski definition) is 0. The van der Waals surface area contributed by atoms with Crippen molar-refractivity contribution < 1.29 is 4.79 Å². The maximum atomic E-state index is 12.9. The number of carbonyl (C=O) groups is 1. The van der Waals surface area contributed by atoms with Crippen LogP contribution in [0.15, 0.2) is 52.2 Å². The fourth-order valence-electron chi connectivity index (χ4n) is 3.33. The molecule has 1 aliphatic heterocycles. The molecular weight excluding hydrogens is 382 g/mol. The highest BCUT2D eigenvalue weighted by Crippen LogP contribution is 2.36. The van der Waals surface area contributed by atoms with Crippen LogP contribution in [0.1, 0.15) is 12.2 Å². The molecular formula is C20H18ClN3O2S. The third kappa shape index (κ3) is 3.47. The van der Waals surface area contributed by atoms with E-state index in [1.54, 1.807) is 34.2 Å². The number of anilines is 1. The highest BCUT2D eigenvalue weighted by Gasteiger charge is 2.23. The van der Waals surface area contributed by atoms with E-state index in [1.807, 2.05) is 36.4 Å². The maximum absolute atomic E-state index is 12.9. The molecule has 138 valence electrons. The second-order valence-corrected chi connectivity index (χ2v) is 7.96. The molecule has 0 N–H and O–H groups in total. The van der Waals surface area contributed by atoms with Crippen LogP contribution >= 0.6 is 23.4 Å². The van der Waals surface area contributed by atoms with Crippen LogP contribution in [0.25, 0.3) is 10.9 Å². The van der Waals surface area contributed by atoms with Gasteiger partial charge in [0.05, 0.1) is 16.6 Å². The lowest BCUT2D eigenvalue weighted by atomic mass is 10.2. The summed E-state index contributed by atoms with van der Waals surface area (Å²) in [4.78, 5) is 32.9. The summed E-state index contributed by atoms with van der Waals surface area (Å²) in [6.45, 7) is 2.74. The van der Waals surface area contributed by atoms with Gasteiger partial charge < -0.3 is 4.90 Å². The largest absolute Gasteiger partial charge is 0.310 e. The maximum Gasteiger partial charge on any atom is 0.261 e. The van der Waals surface area contributed by atoms with Gasteiger partial charge in [-0.25, -0.2) is 4.98 Å².